The molecule has 0 aromatic heterocycles. The van der Waals surface area contributed by atoms with Gasteiger partial charge in [-0.15, -0.1) is 0 Å². The number of aliphatic hydroxyl groups excluding tert-OH is 1. The fourth-order valence-corrected chi connectivity index (χ4v) is 0.488. The molecule has 2 nitrogen and oxygen atoms in total. The van der Waals surface area contributed by atoms with E-state index < -0.39 is 0 Å². The van der Waals surface area contributed by atoms with E-state index in [0.717, 1.165) is 0 Å². The maximum Gasteiger partial charge on any atom is 0.182 e. The maximum atomic E-state index is 8.50. The van der Waals surface area contributed by atoms with Gasteiger partial charge in [-0.1, -0.05) is 0 Å². The molecule has 1 rings (SSSR count). The molecular weight excluding hydrogens is 76.9 g/mol. The minimum atomic E-state index is -0.157. The summed E-state index contributed by atoms with van der Waals surface area (Å²) in [6.07, 6.45) is -0.157. The van der Waals surface area contributed by atoms with Gasteiger partial charge in [-0.25, -0.2) is 0 Å². The quantitative estimate of drug-likeness (QED) is 0.370. The summed E-state index contributed by atoms with van der Waals surface area (Å²) in [6, 6.07) is 0. The van der Waals surface area contributed by atoms with Crippen LogP contribution in [-0.2, 0) is 0 Å². The van der Waals surface area contributed by atoms with Gasteiger partial charge in [0.2, 0.25) is 0 Å². The lowest BCUT2D eigenvalue weighted by Crippen LogP contribution is -2.48. The Morgan fingerprint density at radius 1 is 1.67 bits per heavy atom. The number of rotatable bonds is 0. The summed E-state index contributed by atoms with van der Waals surface area (Å²) in [5.74, 6) is 0. The second kappa shape index (κ2) is 1.24. The summed E-state index contributed by atoms with van der Waals surface area (Å²) in [4.78, 5) is 1.57. The van der Waals surface area contributed by atoms with Gasteiger partial charge in [0.05, 0.1) is 6.10 Å². The Labute approximate surface area is 38.2 Å². The highest BCUT2D eigenvalue weighted by Crippen LogP contribution is 1.99. The molecule has 0 aromatic carbocycles. The summed E-state index contributed by atoms with van der Waals surface area (Å²) in [6.45, 7) is 1.28. The Balaban J connectivity index is 2.11. The summed E-state index contributed by atoms with van der Waals surface area (Å²) in [5, 5.41) is 8.50. The van der Waals surface area contributed by atoms with Crippen LogP contribution in [0.4, 0.5) is 0 Å². The Kier molecular flexibility index (Phi) is 0.859. The summed E-state index contributed by atoms with van der Waals surface area (Å²) in [7, 11) is 5.14. The minimum Gasteiger partial charge on any atom is -0.391 e. The molecule has 1 aliphatic heterocycles. The molecule has 0 atom stereocenters. The summed E-state index contributed by atoms with van der Waals surface area (Å²) >= 11 is 0. The van der Waals surface area contributed by atoms with Crippen molar-refractivity contribution in [1.82, 2.24) is 4.81 Å². The van der Waals surface area contributed by atoms with Gasteiger partial charge < -0.3 is 9.92 Å². The Hall–Kier alpha value is -0.0151. The standard InChI is InChI=1S/C3H6BNO/c4-5-1-3(6)2-5/h3,6H,1-2H2. The molecule has 1 heterocycles. The van der Waals surface area contributed by atoms with Crippen molar-refractivity contribution in [3.05, 3.63) is 0 Å². The van der Waals surface area contributed by atoms with Crippen LogP contribution < -0.4 is 0 Å². The second-order valence-corrected chi connectivity index (χ2v) is 1.61. The SMILES string of the molecule is [B]N1CC(O)C1. The van der Waals surface area contributed by atoms with E-state index in [1.807, 2.05) is 0 Å². The van der Waals surface area contributed by atoms with Crippen LogP contribution >= 0.6 is 0 Å². The van der Waals surface area contributed by atoms with E-state index in [2.05, 4.69) is 0 Å². The molecule has 0 spiro atoms. The van der Waals surface area contributed by atoms with Crippen molar-refractivity contribution in [2.45, 2.75) is 6.10 Å². The molecule has 1 saturated heterocycles. The van der Waals surface area contributed by atoms with Crippen molar-refractivity contribution in [2.24, 2.45) is 0 Å². The first-order valence-electron chi connectivity index (χ1n) is 1.97. The van der Waals surface area contributed by atoms with E-state index in [0.29, 0.717) is 13.1 Å². The Morgan fingerprint density at radius 2 is 2.17 bits per heavy atom. The van der Waals surface area contributed by atoms with E-state index in [-0.39, 0.29) is 6.10 Å². The smallest absolute Gasteiger partial charge is 0.182 e. The normalized spacial score (nSPS) is 26.8. The van der Waals surface area contributed by atoms with Crippen molar-refractivity contribution in [1.29, 1.82) is 0 Å². The zero-order valence-electron chi connectivity index (χ0n) is 3.46. The number of β-amino-alcohol motifs (C(OH)–C–C–N with tert-alkyl or cyclic N) is 1. The van der Waals surface area contributed by atoms with Gasteiger partial charge >= 0.3 is 0 Å². The fourth-order valence-electron chi connectivity index (χ4n) is 0.488. The molecule has 0 unspecified atom stereocenters. The summed E-state index contributed by atoms with van der Waals surface area (Å²) < 4.78 is 0. The van der Waals surface area contributed by atoms with Gasteiger partial charge in [0, 0.05) is 13.1 Å². The van der Waals surface area contributed by atoms with Gasteiger partial charge in [0.25, 0.3) is 0 Å². The minimum absolute atomic E-state index is 0.157. The number of nitrogens with zero attached hydrogens (tertiary/aromatic N) is 1. The predicted octanol–water partition coefficient (Wildman–Crippen LogP) is -1.25. The zero-order chi connectivity index (χ0) is 4.57. The number of hydrogen-bond donors (Lipinski definition) is 1. The van der Waals surface area contributed by atoms with Crippen LogP contribution in [0, 0.1) is 0 Å². The Bertz CT molecular complexity index is 46.8. The van der Waals surface area contributed by atoms with Gasteiger partial charge in [-0.05, 0) is 0 Å². The van der Waals surface area contributed by atoms with Crippen LogP contribution in [0.1, 0.15) is 0 Å². The third-order valence-electron chi connectivity index (χ3n) is 0.891. The molecule has 2 radical (unpaired) electrons. The lowest BCUT2D eigenvalue weighted by atomic mass is 10.1. The first-order valence-corrected chi connectivity index (χ1v) is 1.97. The van der Waals surface area contributed by atoms with Crippen molar-refractivity contribution >= 4 is 7.98 Å². The molecule has 0 amide bonds. The average Bonchev–Trinajstić information content (AvgIpc) is 1.33. The molecule has 1 aliphatic rings. The van der Waals surface area contributed by atoms with Crippen molar-refractivity contribution in [2.75, 3.05) is 13.1 Å². The van der Waals surface area contributed by atoms with E-state index >= 15 is 0 Å². The molecule has 1 fully saturated rings. The molecule has 0 bridgehead atoms. The Morgan fingerprint density at radius 3 is 2.17 bits per heavy atom. The summed E-state index contributed by atoms with van der Waals surface area (Å²) in [5.41, 5.74) is 0. The van der Waals surface area contributed by atoms with Gasteiger partial charge in [0.15, 0.2) is 7.98 Å². The van der Waals surface area contributed by atoms with E-state index in [4.69, 9.17) is 13.1 Å². The highest BCUT2D eigenvalue weighted by Gasteiger charge is 2.18. The molecular formula is C3H6BNO. The molecule has 6 heavy (non-hydrogen) atoms. The molecule has 0 aliphatic carbocycles. The first kappa shape index (κ1) is 4.15. The fraction of sp³-hybridized carbons (Fsp3) is 1.00. The highest BCUT2D eigenvalue weighted by molar-refractivity contribution is 6.04. The van der Waals surface area contributed by atoms with Gasteiger partial charge in [0.1, 0.15) is 0 Å². The van der Waals surface area contributed by atoms with Crippen LogP contribution in [0.15, 0.2) is 0 Å². The van der Waals surface area contributed by atoms with Crippen molar-refractivity contribution in [3.8, 4) is 0 Å². The third-order valence-corrected chi connectivity index (χ3v) is 0.891. The van der Waals surface area contributed by atoms with E-state index in [9.17, 15) is 0 Å². The van der Waals surface area contributed by atoms with Crippen LogP contribution in [0.25, 0.3) is 0 Å². The molecule has 1 N–H and O–H groups in total. The zero-order valence-corrected chi connectivity index (χ0v) is 3.46. The maximum absolute atomic E-state index is 8.50. The molecule has 0 saturated carbocycles. The predicted molar refractivity (Wildman–Crippen MR) is 23.3 cm³/mol. The topological polar surface area (TPSA) is 23.5 Å². The average molecular weight is 82.9 g/mol. The van der Waals surface area contributed by atoms with Crippen LogP contribution in [0.2, 0.25) is 0 Å². The second-order valence-electron chi connectivity index (χ2n) is 1.61. The monoisotopic (exact) mass is 83.1 g/mol. The number of aliphatic hydroxyl groups is 1. The number of hydrogen-bond acceptors (Lipinski definition) is 2. The third kappa shape index (κ3) is 0.557. The van der Waals surface area contributed by atoms with Crippen molar-refractivity contribution < 1.29 is 5.11 Å². The van der Waals surface area contributed by atoms with Gasteiger partial charge in [-0.3, -0.25) is 0 Å². The molecule has 32 valence electrons. The molecule has 3 heteroatoms. The highest BCUT2D eigenvalue weighted by atomic mass is 16.3. The molecule has 0 aromatic rings. The van der Waals surface area contributed by atoms with Crippen LogP contribution in [0.3, 0.4) is 0 Å². The largest absolute Gasteiger partial charge is 0.391 e. The lowest BCUT2D eigenvalue weighted by Gasteiger charge is -2.32. The van der Waals surface area contributed by atoms with E-state index in [1.165, 1.54) is 0 Å². The first-order chi connectivity index (χ1) is 2.79. The van der Waals surface area contributed by atoms with Gasteiger partial charge in [-0.2, -0.15) is 0 Å². The lowest BCUT2D eigenvalue weighted by molar-refractivity contribution is 0.0561. The van der Waals surface area contributed by atoms with Crippen LogP contribution in [-0.4, -0.2) is 37.1 Å². The van der Waals surface area contributed by atoms with Crippen LogP contribution in [0.5, 0.6) is 0 Å². The van der Waals surface area contributed by atoms with E-state index in [1.54, 1.807) is 4.81 Å². The van der Waals surface area contributed by atoms with Crippen molar-refractivity contribution in [3.63, 3.8) is 0 Å².